The highest BCUT2D eigenvalue weighted by atomic mass is 32.2. The zero-order valence-corrected chi connectivity index (χ0v) is 15.3. The zero-order chi connectivity index (χ0) is 17.5. The number of carbonyl (C=O) groups is 1. The molecule has 0 spiro atoms. The summed E-state index contributed by atoms with van der Waals surface area (Å²) >= 11 is 0. The van der Waals surface area contributed by atoms with Crippen molar-refractivity contribution in [3.63, 3.8) is 0 Å². The third-order valence-electron chi connectivity index (χ3n) is 6.11. The van der Waals surface area contributed by atoms with E-state index in [2.05, 4.69) is 34.5 Å². The van der Waals surface area contributed by atoms with E-state index >= 15 is 0 Å². The highest BCUT2D eigenvalue weighted by Crippen LogP contribution is 2.47. The van der Waals surface area contributed by atoms with E-state index in [-0.39, 0.29) is 34.9 Å². The van der Waals surface area contributed by atoms with Gasteiger partial charge >= 0.3 is 0 Å². The summed E-state index contributed by atoms with van der Waals surface area (Å²) < 4.78 is 23.5. The first-order valence-electron chi connectivity index (χ1n) is 9.29. The molecule has 0 unspecified atom stereocenters. The molecule has 1 aromatic rings. The number of benzene rings is 1. The van der Waals surface area contributed by atoms with E-state index in [9.17, 15) is 13.2 Å². The Morgan fingerprint density at radius 3 is 2.60 bits per heavy atom. The normalized spacial score (nSPS) is 30.2. The topological polar surface area (TPSA) is 66.5 Å². The van der Waals surface area contributed by atoms with Gasteiger partial charge in [0.2, 0.25) is 5.91 Å². The number of hydrogen-bond acceptors (Lipinski definition) is 4. The molecule has 2 aliphatic heterocycles. The third kappa shape index (κ3) is 3.47. The summed E-state index contributed by atoms with van der Waals surface area (Å²) in [7, 11) is -2.92. The van der Waals surface area contributed by atoms with Gasteiger partial charge in [0.15, 0.2) is 9.84 Å². The van der Waals surface area contributed by atoms with Crippen molar-refractivity contribution in [2.45, 2.75) is 49.6 Å². The number of hydrogen-bond donors (Lipinski definition) is 1. The van der Waals surface area contributed by atoms with Crippen molar-refractivity contribution in [2.24, 2.45) is 0 Å². The first kappa shape index (κ1) is 17.0. The molecular weight excluding hydrogens is 336 g/mol. The first-order valence-corrected chi connectivity index (χ1v) is 11.1. The summed E-state index contributed by atoms with van der Waals surface area (Å²) in [5.41, 5.74) is 1.41. The third-order valence-corrected chi connectivity index (χ3v) is 7.87. The van der Waals surface area contributed by atoms with Crippen LogP contribution in [0.5, 0.6) is 0 Å². The number of sulfone groups is 1. The SMILES string of the molecule is O=C(NCC1(c2ccccc2)CC1)[C@@H]1CCCN1[C@@H]1CCS(=O)(=O)C1. The molecule has 0 bridgehead atoms. The summed E-state index contributed by atoms with van der Waals surface area (Å²) in [5, 5.41) is 3.17. The molecular formula is C19H26N2O3S. The van der Waals surface area contributed by atoms with Gasteiger partial charge < -0.3 is 5.32 Å². The molecule has 1 aliphatic carbocycles. The molecule has 25 heavy (non-hydrogen) atoms. The van der Waals surface area contributed by atoms with Crippen molar-refractivity contribution in [3.8, 4) is 0 Å². The van der Waals surface area contributed by atoms with Gasteiger partial charge in [0.25, 0.3) is 0 Å². The number of carbonyl (C=O) groups excluding carboxylic acids is 1. The van der Waals surface area contributed by atoms with Crippen molar-refractivity contribution in [3.05, 3.63) is 35.9 Å². The van der Waals surface area contributed by atoms with Gasteiger partial charge in [-0.3, -0.25) is 9.69 Å². The number of likely N-dealkylation sites (tertiary alicyclic amines) is 1. The molecule has 2 heterocycles. The minimum absolute atomic E-state index is 0.0206. The fourth-order valence-electron chi connectivity index (χ4n) is 4.43. The molecule has 2 atom stereocenters. The Kier molecular flexibility index (Phi) is 4.36. The maximum atomic E-state index is 12.8. The second-order valence-corrected chi connectivity index (χ2v) is 10.0. The molecule has 136 valence electrons. The van der Waals surface area contributed by atoms with E-state index in [1.165, 1.54) is 5.56 Å². The average molecular weight is 362 g/mol. The standard InChI is InChI=1S/C19H26N2O3S/c22-18(20-14-19(9-10-19)15-5-2-1-3-6-15)17-7-4-11-21(17)16-8-12-25(23,24)13-16/h1-3,5-6,16-17H,4,7-14H2,(H,20,22)/t16-,17+/m1/s1. The summed E-state index contributed by atoms with van der Waals surface area (Å²) in [6, 6.07) is 10.3. The van der Waals surface area contributed by atoms with Crippen molar-refractivity contribution in [1.82, 2.24) is 10.2 Å². The summed E-state index contributed by atoms with van der Waals surface area (Å²) in [6.45, 7) is 1.52. The number of nitrogens with zero attached hydrogens (tertiary/aromatic N) is 1. The van der Waals surface area contributed by atoms with Gasteiger partial charge in [-0.15, -0.1) is 0 Å². The van der Waals surface area contributed by atoms with Crippen LogP contribution in [0, 0.1) is 0 Å². The Bertz CT molecular complexity index is 743. The van der Waals surface area contributed by atoms with Gasteiger partial charge in [0.05, 0.1) is 17.5 Å². The van der Waals surface area contributed by atoms with Gasteiger partial charge in [0.1, 0.15) is 0 Å². The molecule has 4 rings (SSSR count). The van der Waals surface area contributed by atoms with E-state index < -0.39 is 9.84 Å². The number of amides is 1. The highest BCUT2D eigenvalue weighted by molar-refractivity contribution is 7.91. The van der Waals surface area contributed by atoms with Crippen LogP contribution in [0.2, 0.25) is 0 Å². The lowest BCUT2D eigenvalue weighted by molar-refractivity contribution is -0.126. The van der Waals surface area contributed by atoms with Crippen LogP contribution >= 0.6 is 0 Å². The molecule has 1 amide bonds. The van der Waals surface area contributed by atoms with Crippen LogP contribution in [0.15, 0.2) is 30.3 Å². The van der Waals surface area contributed by atoms with Gasteiger partial charge in [-0.2, -0.15) is 0 Å². The minimum Gasteiger partial charge on any atom is -0.354 e. The summed E-state index contributed by atoms with van der Waals surface area (Å²) in [5.74, 6) is 0.550. The minimum atomic E-state index is -2.92. The second-order valence-electron chi connectivity index (χ2n) is 7.82. The quantitative estimate of drug-likeness (QED) is 0.862. The van der Waals surface area contributed by atoms with Crippen molar-refractivity contribution < 1.29 is 13.2 Å². The molecule has 6 heteroatoms. The van der Waals surface area contributed by atoms with E-state index in [1.807, 2.05) is 6.07 Å². The Labute approximate surface area is 149 Å². The number of rotatable bonds is 5. The molecule has 1 aromatic carbocycles. The zero-order valence-electron chi connectivity index (χ0n) is 14.5. The molecule has 5 nitrogen and oxygen atoms in total. The predicted molar refractivity (Wildman–Crippen MR) is 97.2 cm³/mol. The van der Waals surface area contributed by atoms with Crippen LogP contribution in [-0.4, -0.2) is 55.9 Å². The van der Waals surface area contributed by atoms with Crippen LogP contribution in [0.4, 0.5) is 0 Å². The summed E-state index contributed by atoms with van der Waals surface area (Å²) in [4.78, 5) is 14.9. The van der Waals surface area contributed by atoms with Crippen LogP contribution in [-0.2, 0) is 20.0 Å². The molecule has 3 fully saturated rings. The Morgan fingerprint density at radius 2 is 1.96 bits per heavy atom. The molecule has 0 aromatic heterocycles. The van der Waals surface area contributed by atoms with E-state index in [4.69, 9.17) is 0 Å². The fourth-order valence-corrected chi connectivity index (χ4v) is 6.17. The Morgan fingerprint density at radius 1 is 1.20 bits per heavy atom. The second kappa shape index (κ2) is 6.40. The lowest BCUT2D eigenvalue weighted by Gasteiger charge is -2.29. The molecule has 2 saturated heterocycles. The van der Waals surface area contributed by atoms with Crippen LogP contribution < -0.4 is 5.32 Å². The van der Waals surface area contributed by atoms with Gasteiger partial charge in [-0.25, -0.2) is 8.42 Å². The molecule has 0 radical (unpaired) electrons. The van der Waals surface area contributed by atoms with Crippen LogP contribution in [0.1, 0.15) is 37.7 Å². The van der Waals surface area contributed by atoms with Crippen molar-refractivity contribution in [2.75, 3.05) is 24.6 Å². The fraction of sp³-hybridized carbons (Fsp3) is 0.632. The van der Waals surface area contributed by atoms with Crippen molar-refractivity contribution in [1.29, 1.82) is 0 Å². The predicted octanol–water partition coefficient (Wildman–Crippen LogP) is 1.49. The van der Waals surface area contributed by atoms with E-state index in [1.54, 1.807) is 0 Å². The van der Waals surface area contributed by atoms with E-state index in [0.29, 0.717) is 13.0 Å². The smallest absolute Gasteiger partial charge is 0.237 e. The molecule has 3 aliphatic rings. The Balaban J connectivity index is 1.38. The monoisotopic (exact) mass is 362 g/mol. The summed E-state index contributed by atoms with van der Waals surface area (Å²) in [6.07, 6.45) is 4.71. The Hall–Kier alpha value is -1.40. The first-order chi connectivity index (χ1) is 12.0. The lowest BCUT2D eigenvalue weighted by Crippen LogP contribution is -2.49. The van der Waals surface area contributed by atoms with Gasteiger partial charge in [-0.05, 0) is 44.2 Å². The molecule has 1 N–H and O–H groups in total. The largest absolute Gasteiger partial charge is 0.354 e. The lowest BCUT2D eigenvalue weighted by atomic mass is 9.96. The van der Waals surface area contributed by atoms with Crippen LogP contribution in [0.25, 0.3) is 0 Å². The average Bonchev–Trinajstić information content (AvgIpc) is 3.08. The van der Waals surface area contributed by atoms with Crippen molar-refractivity contribution >= 4 is 15.7 Å². The van der Waals surface area contributed by atoms with Crippen LogP contribution in [0.3, 0.4) is 0 Å². The maximum absolute atomic E-state index is 12.8. The maximum Gasteiger partial charge on any atom is 0.237 e. The highest BCUT2D eigenvalue weighted by Gasteiger charge is 2.45. The van der Waals surface area contributed by atoms with Gasteiger partial charge in [0, 0.05) is 18.0 Å². The molecule has 1 saturated carbocycles. The van der Waals surface area contributed by atoms with E-state index in [0.717, 1.165) is 32.2 Å². The number of nitrogens with one attached hydrogen (secondary N) is 1. The van der Waals surface area contributed by atoms with Gasteiger partial charge in [-0.1, -0.05) is 30.3 Å².